The highest BCUT2D eigenvalue weighted by molar-refractivity contribution is 6.31. The van der Waals surface area contributed by atoms with E-state index >= 15 is 0 Å². The summed E-state index contributed by atoms with van der Waals surface area (Å²) in [5.41, 5.74) is -0.0509. The molecule has 0 heterocycles. The van der Waals surface area contributed by atoms with Gasteiger partial charge in [-0.2, -0.15) is 0 Å². The number of halogens is 1. The van der Waals surface area contributed by atoms with Crippen LogP contribution in [0.15, 0.2) is 18.2 Å². The maximum atomic E-state index is 11.0. The lowest BCUT2D eigenvalue weighted by atomic mass is 10.2. The molecule has 0 amide bonds. The van der Waals surface area contributed by atoms with Gasteiger partial charge in [-0.1, -0.05) is 11.6 Å². The molecule has 1 aromatic carbocycles. The molecule has 0 spiro atoms. The van der Waals surface area contributed by atoms with E-state index in [1.165, 1.54) is 18.2 Å². The molecule has 0 aliphatic carbocycles. The van der Waals surface area contributed by atoms with Crippen molar-refractivity contribution in [3.63, 3.8) is 0 Å². The fourth-order valence-electron chi connectivity index (χ4n) is 1.39. The van der Waals surface area contributed by atoms with E-state index in [0.717, 1.165) is 0 Å². The third kappa shape index (κ3) is 5.75. The van der Waals surface area contributed by atoms with Crippen LogP contribution in [0.3, 0.4) is 0 Å². The van der Waals surface area contributed by atoms with E-state index in [0.29, 0.717) is 18.2 Å². The minimum Gasteiger partial charge on any atom is -0.490 e. The summed E-state index contributed by atoms with van der Waals surface area (Å²) in [4.78, 5) is 11.0. The van der Waals surface area contributed by atoms with E-state index in [4.69, 9.17) is 30.9 Å². The highest BCUT2D eigenvalue weighted by Gasteiger charge is 2.13. The minimum atomic E-state index is -1.15. The summed E-state index contributed by atoms with van der Waals surface area (Å²) < 4.78 is 15.2. The lowest BCUT2D eigenvalue weighted by molar-refractivity contribution is -0.00438. The van der Waals surface area contributed by atoms with E-state index in [2.05, 4.69) is 0 Å². The lowest BCUT2D eigenvalue weighted by Gasteiger charge is -2.14. The van der Waals surface area contributed by atoms with Gasteiger partial charge in [0, 0.05) is 12.1 Å². The number of aromatic carboxylic acids is 1. The first-order valence-electron chi connectivity index (χ1n) is 5.95. The van der Waals surface area contributed by atoms with Gasteiger partial charge >= 0.3 is 5.97 Å². The summed E-state index contributed by atoms with van der Waals surface area (Å²) in [7, 11) is 1.55. The number of rotatable bonds is 9. The number of hydrogen-bond donors (Lipinski definition) is 2. The van der Waals surface area contributed by atoms with Gasteiger partial charge in [0.25, 0.3) is 0 Å². The highest BCUT2D eigenvalue weighted by atomic mass is 35.5. The molecule has 0 aliphatic heterocycles. The number of hydrogen-bond acceptors (Lipinski definition) is 5. The Morgan fingerprint density at radius 2 is 2.10 bits per heavy atom. The summed E-state index contributed by atoms with van der Waals surface area (Å²) in [6.45, 7) is 0.817. The monoisotopic (exact) mass is 304 g/mol. The number of carboxylic acids is 1. The van der Waals surface area contributed by atoms with Crippen LogP contribution in [0.25, 0.3) is 0 Å². The molecule has 0 saturated carbocycles. The molecule has 112 valence electrons. The average Bonchev–Trinajstić information content (AvgIpc) is 2.42. The largest absolute Gasteiger partial charge is 0.490 e. The first-order chi connectivity index (χ1) is 9.54. The Hall–Kier alpha value is -1.34. The summed E-state index contributed by atoms with van der Waals surface area (Å²) in [5, 5.41) is 18.9. The molecule has 0 bridgehead atoms. The second kappa shape index (κ2) is 8.76. The Kier molecular flexibility index (Phi) is 7.32. The number of methoxy groups -OCH3 is 1. The van der Waals surface area contributed by atoms with Gasteiger partial charge in [-0.15, -0.1) is 0 Å². The Bertz CT molecular complexity index is 437. The highest BCUT2D eigenvalue weighted by Crippen LogP contribution is 2.23. The fraction of sp³-hybridized carbons (Fsp3) is 0.462. The van der Waals surface area contributed by atoms with Crippen molar-refractivity contribution < 1.29 is 29.2 Å². The van der Waals surface area contributed by atoms with Gasteiger partial charge in [-0.3, -0.25) is 0 Å². The quantitative estimate of drug-likeness (QED) is 0.672. The normalized spacial score (nSPS) is 12.2. The SMILES string of the molecule is COCCOCC(O)COc1ccc(Cl)cc1C(=O)O. The van der Waals surface area contributed by atoms with Crippen LogP contribution in [-0.4, -0.2) is 55.8 Å². The molecule has 1 rings (SSSR count). The van der Waals surface area contributed by atoms with E-state index in [1.54, 1.807) is 7.11 Å². The second-order valence-electron chi connectivity index (χ2n) is 3.98. The molecular weight excluding hydrogens is 288 g/mol. The number of carboxylic acid groups (broad SMARTS) is 1. The molecular formula is C13H17ClO6. The van der Waals surface area contributed by atoms with Crippen molar-refractivity contribution >= 4 is 17.6 Å². The number of benzene rings is 1. The summed E-state index contributed by atoms with van der Waals surface area (Å²) in [6.07, 6.45) is -0.857. The Balaban J connectivity index is 2.46. The molecule has 0 saturated heterocycles. The zero-order valence-corrected chi connectivity index (χ0v) is 11.8. The topological polar surface area (TPSA) is 85.2 Å². The van der Waals surface area contributed by atoms with Crippen LogP contribution in [0.4, 0.5) is 0 Å². The third-order valence-corrected chi connectivity index (χ3v) is 2.58. The molecule has 0 aliphatic rings. The molecule has 1 aromatic rings. The summed E-state index contributed by atoms with van der Waals surface area (Å²) in [6, 6.07) is 4.26. The zero-order valence-electron chi connectivity index (χ0n) is 11.0. The molecule has 0 fully saturated rings. The van der Waals surface area contributed by atoms with Gasteiger partial charge in [0.2, 0.25) is 0 Å². The summed E-state index contributed by atoms with van der Waals surface area (Å²) in [5.74, 6) is -0.994. The van der Waals surface area contributed by atoms with Crippen molar-refractivity contribution in [1.29, 1.82) is 0 Å². The molecule has 20 heavy (non-hydrogen) atoms. The van der Waals surface area contributed by atoms with Crippen molar-refractivity contribution in [3.8, 4) is 5.75 Å². The molecule has 1 atom stereocenters. The Morgan fingerprint density at radius 3 is 2.75 bits per heavy atom. The maximum Gasteiger partial charge on any atom is 0.339 e. The van der Waals surface area contributed by atoms with Crippen LogP contribution < -0.4 is 4.74 Å². The second-order valence-corrected chi connectivity index (χ2v) is 4.41. The van der Waals surface area contributed by atoms with Gasteiger partial charge in [0.1, 0.15) is 24.0 Å². The summed E-state index contributed by atoms with van der Waals surface area (Å²) >= 11 is 5.72. The van der Waals surface area contributed by atoms with Gasteiger partial charge in [-0.05, 0) is 18.2 Å². The van der Waals surface area contributed by atoms with Crippen molar-refractivity contribution in [2.75, 3.05) is 33.5 Å². The zero-order chi connectivity index (χ0) is 15.0. The van der Waals surface area contributed by atoms with Crippen LogP contribution >= 0.6 is 11.6 Å². The van der Waals surface area contributed by atoms with Gasteiger partial charge in [-0.25, -0.2) is 4.79 Å². The first-order valence-corrected chi connectivity index (χ1v) is 6.32. The van der Waals surface area contributed by atoms with Crippen LogP contribution in [0.2, 0.25) is 5.02 Å². The van der Waals surface area contributed by atoms with Crippen molar-refractivity contribution in [2.24, 2.45) is 0 Å². The number of carbonyl (C=O) groups is 1. The van der Waals surface area contributed by atoms with E-state index in [-0.39, 0.29) is 24.5 Å². The fourth-order valence-corrected chi connectivity index (χ4v) is 1.56. The third-order valence-electron chi connectivity index (χ3n) is 2.35. The van der Waals surface area contributed by atoms with E-state index in [1.807, 2.05) is 0 Å². The minimum absolute atomic E-state index is 0.0509. The molecule has 0 radical (unpaired) electrons. The van der Waals surface area contributed by atoms with Gasteiger partial charge < -0.3 is 24.4 Å². The number of aliphatic hydroxyl groups excluding tert-OH is 1. The predicted molar refractivity (Wildman–Crippen MR) is 72.6 cm³/mol. The maximum absolute atomic E-state index is 11.0. The van der Waals surface area contributed by atoms with Gasteiger partial charge in [0.05, 0.1) is 19.8 Å². The average molecular weight is 305 g/mol. The molecule has 1 unspecified atom stereocenters. The number of ether oxygens (including phenoxy) is 3. The van der Waals surface area contributed by atoms with Crippen LogP contribution in [-0.2, 0) is 9.47 Å². The van der Waals surface area contributed by atoms with Gasteiger partial charge in [0.15, 0.2) is 0 Å². The lowest BCUT2D eigenvalue weighted by Crippen LogP contribution is -2.24. The Labute approximate surface area is 121 Å². The van der Waals surface area contributed by atoms with Crippen molar-refractivity contribution in [3.05, 3.63) is 28.8 Å². The predicted octanol–water partition coefficient (Wildman–Crippen LogP) is 1.44. The van der Waals surface area contributed by atoms with Crippen LogP contribution in [0, 0.1) is 0 Å². The van der Waals surface area contributed by atoms with Crippen molar-refractivity contribution in [1.82, 2.24) is 0 Å². The number of aliphatic hydroxyl groups is 1. The Morgan fingerprint density at radius 1 is 1.35 bits per heavy atom. The molecule has 6 nitrogen and oxygen atoms in total. The van der Waals surface area contributed by atoms with Crippen LogP contribution in [0.5, 0.6) is 5.75 Å². The molecule has 7 heteroatoms. The molecule has 0 aromatic heterocycles. The molecule has 2 N–H and O–H groups in total. The smallest absolute Gasteiger partial charge is 0.339 e. The standard InChI is InChI=1S/C13H17ClO6/c1-18-4-5-19-7-10(15)8-20-12-3-2-9(14)6-11(12)13(16)17/h2-3,6,10,15H,4-5,7-8H2,1H3,(H,16,17). The van der Waals surface area contributed by atoms with Crippen LogP contribution in [0.1, 0.15) is 10.4 Å². The van der Waals surface area contributed by atoms with Crippen molar-refractivity contribution in [2.45, 2.75) is 6.10 Å². The first kappa shape index (κ1) is 16.7. The van der Waals surface area contributed by atoms with E-state index in [9.17, 15) is 9.90 Å². The van der Waals surface area contributed by atoms with E-state index < -0.39 is 12.1 Å².